The Hall–Kier alpha value is -1.85. The van der Waals surface area contributed by atoms with Gasteiger partial charge in [0.2, 0.25) is 0 Å². The second-order valence-electron chi connectivity index (χ2n) is 7.22. The number of hydrogen-bond acceptors (Lipinski definition) is 3. The summed E-state index contributed by atoms with van der Waals surface area (Å²) in [5, 5.41) is 14.8. The minimum Gasteiger partial charge on any atom is -0.481 e. The molecule has 1 N–H and O–H groups in total. The lowest BCUT2D eigenvalue weighted by molar-refractivity contribution is -0.147. The van der Waals surface area contributed by atoms with E-state index in [9.17, 15) is 9.90 Å². The lowest BCUT2D eigenvalue weighted by Gasteiger charge is -2.20. The summed E-state index contributed by atoms with van der Waals surface area (Å²) < 4.78 is 1.98. The molecule has 0 saturated carbocycles. The number of aromatic nitrogens is 2. The number of carboxylic acid groups (broad SMARTS) is 1. The highest BCUT2D eigenvalue weighted by molar-refractivity contribution is 6.31. The predicted molar refractivity (Wildman–Crippen MR) is 97.9 cm³/mol. The molecule has 0 bridgehead atoms. The van der Waals surface area contributed by atoms with Crippen molar-refractivity contribution in [2.75, 3.05) is 13.1 Å². The average molecular weight is 362 g/mol. The van der Waals surface area contributed by atoms with E-state index >= 15 is 0 Å². The summed E-state index contributed by atoms with van der Waals surface area (Å²) in [6, 6.07) is 7.80. The van der Waals surface area contributed by atoms with Crippen LogP contribution >= 0.6 is 11.6 Å². The topological polar surface area (TPSA) is 58.4 Å². The highest BCUT2D eigenvalue weighted by atomic mass is 35.5. The highest BCUT2D eigenvalue weighted by Gasteiger charge is 2.40. The Kier molecular flexibility index (Phi) is 4.89. The fourth-order valence-electron chi connectivity index (χ4n) is 3.49. The normalized spacial score (nSPS) is 21.0. The molecule has 6 heteroatoms. The van der Waals surface area contributed by atoms with E-state index in [4.69, 9.17) is 11.6 Å². The van der Waals surface area contributed by atoms with Crippen LogP contribution in [0.2, 0.25) is 5.02 Å². The maximum Gasteiger partial charge on any atom is 0.310 e. The van der Waals surface area contributed by atoms with Gasteiger partial charge in [-0.1, -0.05) is 29.8 Å². The monoisotopic (exact) mass is 361 g/mol. The maximum atomic E-state index is 11.4. The molecule has 5 nitrogen and oxygen atoms in total. The van der Waals surface area contributed by atoms with Crippen LogP contribution in [0.4, 0.5) is 0 Å². The van der Waals surface area contributed by atoms with Gasteiger partial charge in [-0.05, 0) is 45.4 Å². The van der Waals surface area contributed by atoms with Crippen LogP contribution in [0.3, 0.4) is 0 Å². The molecule has 1 atom stereocenters. The molecule has 3 rings (SSSR count). The maximum absolute atomic E-state index is 11.4. The van der Waals surface area contributed by atoms with Gasteiger partial charge >= 0.3 is 5.97 Å². The van der Waals surface area contributed by atoms with Gasteiger partial charge in [-0.15, -0.1) is 0 Å². The van der Waals surface area contributed by atoms with Crippen molar-refractivity contribution in [2.45, 2.75) is 40.3 Å². The number of likely N-dealkylation sites (tertiary alicyclic amines) is 1. The van der Waals surface area contributed by atoms with Crippen LogP contribution in [-0.2, 0) is 17.9 Å². The summed E-state index contributed by atoms with van der Waals surface area (Å²) in [5.41, 5.74) is 3.69. The summed E-state index contributed by atoms with van der Waals surface area (Å²) in [7, 11) is 0. The first-order valence-corrected chi connectivity index (χ1v) is 8.90. The molecule has 1 saturated heterocycles. The van der Waals surface area contributed by atoms with Crippen LogP contribution in [0.25, 0.3) is 0 Å². The number of carbonyl (C=O) groups is 1. The minimum absolute atomic E-state index is 0.580. The number of aryl methyl sites for hydroxylation is 1. The third-order valence-electron chi connectivity index (χ3n) is 5.26. The first-order valence-electron chi connectivity index (χ1n) is 8.52. The van der Waals surface area contributed by atoms with E-state index in [1.54, 1.807) is 0 Å². The number of carboxylic acids is 1. The summed E-state index contributed by atoms with van der Waals surface area (Å²) in [6.45, 7) is 8.67. The van der Waals surface area contributed by atoms with Crippen molar-refractivity contribution >= 4 is 17.6 Å². The number of halogens is 1. The van der Waals surface area contributed by atoms with E-state index in [0.29, 0.717) is 19.5 Å². The summed E-state index contributed by atoms with van der Waals surface area (Å²) in [5.74, 6) is -0.710. The molecule has 0 spiro atoms. The van der Waals surface area contributed by atoms with Gasteiger partial charge < -0.3 is 5.11 Å². The van der Waals surface area contributed by atoms with Gasteiger partial charge in [-0.2, -0.15) is 5.10 Å². The Morgan fingerprint density at radius 2 is 2.04 bits per heavy atom. The van der Waals surface area contributed by atoms with E-state index in [1.165, 1.54) is 5.56 Å². The predicted octanol–water partition coefficient (Wildman–Crippen LogP) is 3.50. The Labute approximate surface area is 153 Å². The summed E-state index contributed by atoms with van der Waals surface area (Å²) >= 11 is 6.27. The molecule has 0 aliphatic carbocycles. The molecule has 0 amide bonds. The lowest BCUT2D eigenvalue weighted by Crippen LogP contribution is -2.31. The highest BCUT2D eigenvalue weighted by Crippen LogP contribution is 2.32. The lowest BCUT2D eigenvalue weighted by atomic mass is 9.90. The summed E-state index contributed by atoms with van der Waals surface area (Å²) in [4.78, 5) is 13.7. The van der Waals surface area contributed by atoms with Gasteiger partial charge in [-0.25, -0.2) is 0 Å². The first-order chi connectivity index (χ1) is 11.8. The van der Waals surface area contributed by atoms with E-state index in [1.807, 2.05) is 42.8 Å². The molecule has 1 aliphatic rings. The van der Waals surface area contributed by atoms with Gasteiger partial charge in [0.15, 0.2) is 0 Å². The second kappa shape index (κ2) is 6.81. The zero-order chi connectivity index (χ0) is 18.2. The largest absolute Gasteiger partial charge is 0.481 e. The van der Waals surface area contributed by atoms with E-state index in [0.717, 1.165) is 35.1 Å². The number of aliphatic carboxylic acids is 1. The van der Waals surface area contributed by atoms with Crippen LogP contribution in [0.1, 0.15) is 35.9 Å². The van der Waals surface area contributed by atoms with E-state index in [-0.39, 0.29) is 0 Å². The van der Waals surface area contributed by atoms with E-state index in [2.05, 4.69) is 16.9 Å². The molecule has 1 aromatic carbocycles. The van der Waals surface area contributed by atoms with Gasteiger partial charge in [0.1, 0.15) is 0 Å². The quantitative estimate of drug-likeness (QED) is 0.885. The third kappa shape index (κ3) is 3.58. The Morgan fingerprint density at radius 3 is 2.68 bits per heavy atom. The number of hydrogen-bond donors (Lipinski definition) is 1. The molecule has 1 fully saturated rings. The molecule has 2 aromatic rings. The number of nitrogens with zero attached hydrogens (tertiary/aromatic N) is 3. The Bertz CT molecular complexity index is 802. The zero-order valence-corrected chi connectivity index (χ0v) is 15.7. The first kappa shape index (κ1) is 18.0. The SMILES string of the molecule is Cc1nn(Cc2ccccc2Cl)c(C)c1CN1CCC(C)(C(=O)O)C1. The van der Waals surface area contributed by atoms with Crippen molar-refractivity contribution in [1.82, 2.24) is 14.7 Å². The molecule has 0 radical (unpaired) electrons. The standard InChI is InChI=1S/C19H24ClN3O2/c1-13-16(11-22-9-8-19(3,12-22)18(24)25)14(2)23(21-13)10-15-6-4-5-7-17(15)20/h4-7H,8-12H2,1-3H3,(H,24,25). The molecular weight excluding hydrogens is 338 g/mol. The molecule has 2 heterocycles. The van der Waals surface area contributed by atoms with Crippen molar-refractivity contribution in [1.29, 1.82) is 0 Å². The smallest absolute Gasteiger partial charge is 0.310 e. The summed E-state index contributed by atoms with van der Waals surface area (Å²) in [6.07, 6.45) is 0.689. The van der Waals surface area contributed by atoms with Crippen LogP contribution < -0.4 is 0 Å². The van der Waals surface area contributed by atoms with Crippen molar-refractivity contribution in [3.63, 3.8) is 0 Å². The fraction of sp³-hybridized carbons (Fsp3) is 0.474. The number of benzene rings is 1. The molecule has 25 heavy (non-hydrogen) atoms. The van der Waals surface area contributed by atoms with Crippen LogP contribution in [-0.4, -0.2) is 38.8 Å². The van der Waals surface area contributed by atoms with Gasteiger partial charge in [0.05, 0.1) is 17.7 Å². The molecule has 1 unspecified atom stereocenters. The average Bonchev–Trinajstić information content (AvgIpc) is 3.06. The Morgan fingerprint density at radius 1 is 1.32 bits per heavy atom. The molecular formula is C19H24ClN3O2. The van der Waals surface area contributed by atoms with Gasteiger partial charge in [0.25, 0.3) is 0 Å². The van der Waals surface area contributed by atoms with Crippen molar-refractivity contribution in [3.8, 4) is 0 Å². The Balaban J connectivity index is 1.77. The fourth-order valence-corrected chi connectivity index (χ4v) is 3.69. The van der Waals surface area contributed by atoms with Crippen molar-refractivity contribution in [3.05, 3.63) is 51.8 Å². The molecule has 1 aliphatic heterocycles. The number of rotatable bonds is 5. The molecule has 1 aromatic heterocycles. The van der Waals surface area contributed by atoms with Crippen molar-refractivity contribution < 1.29 is 9.90 Å². The van der Waals surface area contributed by atoms with Crippen LogP contribution in [0, 0.1) is 19.3 Å². The third-order valence-corrected chi connectivity index (χ3v) is 5.63. The van der Waals surface area contributed by atoms with E-state index < -0.39 is 11.4 Å². The van der Waals surface area contributed by atoms with Crippen molar-refractivity contribution in [2.24, 2.45) is 5.41 Å². The molecule has 134 valence electrons. The van der Waals surface area contributed by atoms with Gasteiger partial charge in [0, 0.05) is 29.4 Å². The van der Waals surface area contributed by atoms with Gasteiger partial charge in [-0.3, -0.25) is 14.4 Å². The minimum atomic E-state index is -0.710. The van der Waals surface area contributed by atoms with Crippen LogP contribution in [0.5, 0.6) is 0 Å². The zero-order valence-electron chi connectivity index (χ0n) is 14.9. The second-order valence-corrected chi connectivity index (χ2v) is 7.63. The van der Waals surface area contributed by atoms with Crippen LogP contribution in [0.15, 0.2) is 24.3 Å².